The van der Waals surface area contributed by atoms with Crippen LogP contribution in [0.15, 0.2) is 36.5 Å². The molecule has 1 aromatic carbocycles. The van der Waals surface area contributed by atoms with Gasteiger partial charge in [-0.2, -0.15) is 4.98 Å². The number of aromatic nitrogens is 4. The Hall–Kier alpha value is -2.28. The van der Waals surface area contributed by atoms with Gasteiger partial charge < -0.3 is 4.90 Å². The van der Waals surface area contributed by atoms with Crippen LogP contribution in [0.1, 0.15) is 12.0 Å². The molecule has 1 saturated heterocycles. The molecule has 0 aliphatic carbocycles. The summed E-state index contributed by atoms with van der Waals surface area (Å²) in [5.41, 5.74) is 2.14. The molecule has 3 aromatic rings. The van der Waals surface area contributed by atoms with E-state index in [0.717, 1.165) is 5.56 Å². The molecule has 4 rings (SSSR count). The van der Waals surface area contributed by atoms with E-state index in [1.54, 1.807) is 4.57 Å². The Kier molecular flexibility index (Phi) is 3.60. The minimum Gasteiger partial charge on any atom is -0.335 e. The fourth-order valence-corrected chi connectivity index (χ4v) is 3.08. The highest BCUT2D eigenvalue weighted by molar-refractivity contribution is 6.29. The molecule has 1 aliphatic rings. The quantitative estimate of drug-likeness (QED) is 0.680. The molecular weight excluding hydrogens is 336 g/mol. The maximum Gasteiger partial charge on any atom is 0.267 e. The van der Waals surface area contributed by atoms with E-state index < -0.39 is 5.92 Å². The average Bonchev–Trinajstić information content (AvgIpc) is 3.08. The van der Waals surface area contributed by atoms with Gasteiger partial charge in [0.2, 0.25) is 11.2 Å². The van der Waals surface area contributed by atoms with Gasteiger partial charge in [-0.15, -0.1) is 0 Å². The number of hydrogen-bond donors (Lipinski definition) is 0. The number of halogens is 3. The van der Waals surface area contributed by atoms with Crippen molar-refractivity contribution < 1.29 is 8.78 Å². The Bertz CT molecular complexity index is 881. The van der Waals surface area contributed by atoms with Crippen molar-refractivity contribution in [1.29, 1.82) is 0 Å². The van der Waals surface area contributed by atoms with Crippen molar-refractivity contribution in [3.63, 3.8) is 0 Å². The molecule has 0 N–H and O–H groups in total. The summed E-state index contributed by atoms with van der Waals surface area (Å²) >= 11 is 6.23. The van der Waals surface area contributed by atoms with Crippen LogP contribution < -0.4 is 4.90 Å². The van der Waals surface area contributed by atoms with Gasteiger partial charge in [0.1, 0.15) is 5.52 Å². The van der Waals surface area contributed by atoms with E-state index in [-0.39, 0.29) is 25.5 Å². The van der Waals surface area contributed by atoms with Gasteiger partial charge in [-0.1, -0.05) is 30.3 Å². The van der Waals surface area contributed by atoms with Crippen molar-refractivity contribution in [3.05, 3.63) is 47.4 Å². The van der Waals surface area contributed by atoms with E-state index in [2.05, 4.69) is 15.0 Å². The van der Waals surface area contributed by atoms with Crippen LogP contribution in [0.25, 0.3) is 11.2 Å². The second kappa shape index (κ2) is 5.66. The predicted molar refractivity (Wildman–Crippen MR) is 87.7 cm³/mol. The first kappa shape index (κ1) is 15.3. The van der Waals surface area contributed by atoms with Gasteiger partial charge in [0.15, 0.2) is 5.65 Å². The van der Waals surface area contributed by atoms with Crippen LogP contribution in [0, 0.1) is 0 Å². The number of anilines is 1. The molecule has 0 bridgehead atoms. The molecule has 1 fully saturated rings. The van der Waals surface area contributed by atoms with Crippen LogP contribution in [0.4, 0.5) is 14.7 Å². The van der Waals surface area contributed by atoms with E-state index in [4.69, 9.17) is 11.6 Å². The minimum atomic E-state index is -2.69. The van der Waals surface area contributed by atoms with Gasteiger partial charge in [0, 0.05) is 13.0 Å². The number of alkyl halides is 2. The van der Waals surface area contributed by atoms with Crippen LogP contribution in [0.3, 0.4) is 0 Å². The standard InChI is InChI=1S/C16H14ClF2N5/c17-14-21-12-8-20-15(23-7-6-16(18,19)10-23)22-13(12)24(14)9-11-4-2-1-3-5-11/h1-5,8H,6-7,9-10H2. The van der Waals surface area contributed by atoms with E-state index >= 15 is 0 Å². The molecular formula is C16H14ClF2N5. The van der Waals surface area contributed by atoms with Gasteiger partial charge in [0.05, 0.1) is 19.3 Å². The van der Waals surface area contributed by atoms with Crippen LogP contribution in [0.2, 0.25) is 5.28 Å². The Labute approximate surface area is 141 Å². The third-order valence-electron chi connectivity index (χ3n) is 4.06. The lowest BCUT2D eigenvalue weighted by atomic mass is 10.2. The molecule has 5 nitrogen and oxygen atoms in total. The first-order valence-corrected chi connectivity index (χ1v) is 7.95. The summed E-state index contributed by atoms with van der Waals surface area (Å²) in [4.78, 5) is 14.3. The van der Waals surface area contributed by atoms with Crippen LogP contribution in [-0.4, -0.2) is 38.5 Å². The summed E-state index contributed by atoms with van der Waals surface area (Å²) in [5, 5.41) is 0.298. The van der Waals surface area contributed by atoms with Crippen molar-refractivity contribution in [2.75, 3.05) is 18.0 Å². The maximum atomic E-state index is 13.4. The first-order valence-electron chi connectivity index (χ1n) is 7.57. The number of fused-ring (bicyclic) bond motifs is 1. The van der Waals surface area contributed by atoms with Crippen molar-refractivity contribution in [2.45, 2.75) is 18.9 Å². The van der Waals surface area contributed by atoms with E-state index in [0.29, 0.717) is 23.0 Å². The monoisotopic (exact) mass is 349 g/mol. The molecule has 2 aromatic heterocycles. The van der Waals surface area contributed by atoms with Crippen LogP contribution in [0.5, 0.6) is 0 Å². The van der Waals surface area contributed by atoms with Gasteiger partial charge in [0.25, 0.3) is 5.92 Å². The summed E-state index contributed by atoms with van der Waals surface area (Å²) in [6.45, 7) is 0.376. The largest absolute Gasteiger partial charge is 0.335 e. The molecule has 0 amide bonds. The molecule has 0 radical (unpaired) electrons. The zero-order valence-electron chi connectivity index (χ0n) is 12.7. The molecule has 0 unspecified atom stereocenters. The zero-order valence-corrected chi connectivity index (χ0v) is 13.4. The van der Waals surface area contributed by atoms with Crippen molar-refractivity contribution in [2.24, 2.45) is 0 Å². The number of benzene rings is 1. The van der Waals surface area contributed by atoms with Crippen molar-refractivity contribution in [3.8, 4) is 0 Å². The Morgan fingerprint density at radius 1 is 1.17 bits per heavy atom. The number of imidazole rings is 1. The van der Waals surface area contributed by atoms with Gasteiger partial charge >= 0.3 is 0 Å². The summed E-state index contributed by atoms with van der Waals surface area (Å²) < 4.78 is 28.6. The fraction of sp³-hybridized carbons (Fsp3) is 0.312. The van der Waals surface area contributed by atoms with Gasteiger partial charge in [-0.05, 0) is 17.2 Å². The average molecular weight is 350 g/mol. The Morgan fingerprint density at radius 2 is 1.96 bits per heavy atom. The first-order chi connectivity index (χ1) is 11.5. The van der Waals surface area contributed by atoms with Crippen LogP contribution in [-0.2, 0) is 6.54 Å². The third kappa shape index (κ3) is 2.80. The molecule has 0 saturated carbocycles. The minimum absolute atomic E-state index is 0.182. The maximum absolute atomic E-state index is 13.4. The Balaban J connectivity index is 1.72. The molecule has 3 heterocycles. The lowest BCUT2D eigenvalue weighted by molar-refractivity contribution is 0.0256. The third-order valence-corrected chi connectivity index (χ3v) is 4.35. The van der Waals surface area contributed by atoms with Gasteiger partial charge in [-0.25, -0.2) is 18.7 Å². The second-order valence-electron chi connectivity index (χ2n) is 5.86. The smallest absolute Gasteiger partial charge is 0.267 e. The lowest BCUT2D eigenvalue weighted by Gasteiger charge is -2.15. The Morgan fingerprint density at radius 3 is 2.67 bits per heavy atom. The molecule has 0 atom stereocenters. The van der Waals surface area contributed by atoms with E-state index in [1.807, 2.05) is 30.3 Å². The van der Waals surface area contributed by atoms with Gasteiger partial charge in [-0.3, -0.25) is 4.57 Å². The number of rotatable bonds is 3. The number of hydrogen-bond acceptors (Lipinski definition) is 4. The van der Waals surface area contributed by atoms with E-state index in [1.165, 1.54) is 11.1 Å². The SMILES string of the molecule is FC1(F)CCN(c2ncc3nc(Cl)n(Cc4ccccc4)c3n2)C1. The van der Waals surface area contributed by atoms with Crippen molar-refractivity contribution in [1.82, 2.24) is 19.5 Å². The summed E-state index contributed by atoms with van der Waals surface area (Å²) in [5.74, 6) is -2.41. The normalized spacial score (nSPS) is 16.9. The van der Waals surface area contributed by atoms with Crippen LogP contribution >= 0.6 is 11.6 Å². The molecule has 8 heteroatoms. The van der Waals surface area contributed by atoms with Crippen molar-refractivity contribution >= 4 is 28.7 Å². The molecule has 24 heavy (non-hydrogen) atoms. The highest BCUT2D eigenvalue weighted by atomic mass is 35.5. The summed E-state index contributed by atoms with van der Waals surface area (Å²) in [6, 6.07) is 9.77. The summed E-state index contributed by atoms with van der Waals surface area (Å²) in [6.07, 6.45) is 1.35. The molecule has 0 spiro atoms. The highest BCUT2D eigenvalue weighted by Crippen LogP contribution is 2.30. The topological polar surface area (TPSA) is 46.8 Å². The number of nitrogens with zero attached hydrogens (tertiary/aromatic N) is 5. The molecule has 124 valence electrons. The van der Waals surface area contributed by atoms with E-state index in [9.17, 15) is 8.78 Å². The zero-order chi connectivity index (χ0) is 16.7. The molecule has 1 aliphatic heterocycles. The summed E-state index contributed by atoms with van der Waals surface area (Å²) in [7, 11) is 0. The highest BCUT2D eigenvalue weighted by Gasteiger charge is 2.39. The fourth-order valence-electron chi connectivity index (χ4n) is 2.85. The predicted octanol–water partition coefficient (Wildman–Crippen LogP) is 3.37. The lowest BCUT2D eigenvalue weighted by Crippen LogP contribution is -2.26. The second-order valence-corrected chi connectivity index (χ2v) is 6.20.